The van der Waals surface area contributed by atoms with Gasteiger partial charge in [0.15, 0.2) is 0 Å². The summed E-state index contributed by atoms with van der Waals surface area (Å²) in [5.41, 5.74) is 0. The lowest BCUT2D eigenvalue weighted by Gasteiger charge is -2.12. The Balaban J connectivity index is 2.60. The molecule has 17 heavy (non-hydrogen) atoms. The van der Waals surface area contributed by atoms with Crippen LogP contribution in [0, 0.1) is 0 Å². The van der Waals surface area contributed by atoms with E-state index in [-0.39, 0.29) is 6.04 Å². The van der Waals surface area contributed by atoms with Crippen molar-refractivity contribution in [2.45, 2.75) is 31.2 Å². The topological polar surface area (TPSA) is 29.1 Å². The zero-order valence-electron chi connectivity index (χ0n) is 10.0. The maximum absolute atomic E-state index is 12.1. The highest BCUT2D eigenvalue weighted by Crippen LogP contribution is 2.24. The third-order valence-electron chi connectivity index (χ3n) is 2.30. The first-order chi connectivity index (χ1) is 8.04. The van der Waals surface area contributed by atoms with Crippen molar-refractivity contribution in [2.75, 3.05) is 12.3 Å². The van der Waals surface area contributed by atoms with Crippen LogP contribution in [0.4, 0.5) is 0 Å². The van der Waals surface area contributed by atoms with Gasteiger partial charge in [-0.15, -0.1) is 0 Å². The lowest BCUT2D eigenvalue weighted by molar-refractivity contribution is 0.582. The smallest absolute Gasteiger partial charge is 0.0604 e. The monoisotopic (exact) mass is 293 g/mol. The van der Waals surface area contributed by atoms with E-state index in [0.29, 0.717) is 15.8 Å². The van der Waals surface area contributed by atoms with Crippen LogP contribution < -0.4 is 5.32 Å². The van der Waals surface area contributed by atoms with Crippen LogP contribution in [0.2, 0.25) is 10.0 Å². The summed E-state index contributed by atoms with van der Waals surface area (Å²) >= 11 is 11.7. The van der Waals surface area contributed by atoms with Gasteiger partial charge in [0.05, 0.1) is 20.8 Å². The van der Waals surface area contributed by atoms with E-state index >= 15 is 0 Å². The molecule has 96 valence electrons. The molecule has 0 bridgehead atoms. The molecule has 0 saturated carbocycles. The Labute approximate surface area is 115 Å². The van der Waals surface area contributed by atoms with E-state index in [4.69, 9.17) is 23.2 Å². The van der Waals surface area contributed by atoms with Gasteiger partial charge in [0, 0.05) is 16.7 Å². The van der Waals surface area contributed by atoms with Gasteiger partial charge in [-0.05, 0) is 38.1 Å². The first-order valence-corrected chi connectivity index (χ1v) is 7.69. The minimum absolute atomic E-state index is 0.227. The second kappa shape index (κ2) is 7.37. The molecule has 0 heterocycles. The van der Waals surface area contributed by atoms with Gasteiger partial charge in [-0.3, -0.25) is 4.21 Å². The van der Waals surface area contributed by atoms with Gasteiger partial charge in [-0.25, -0.2) is 0 Å². The van der Waals surface area contributed by atoms with E-state index in [2.05, 4.69) is 12.2 Å². The molecule has 1 rings (SSSR count). The minimum Gasteiger partial charge on any atom is -0.313 e. The standard InChI is InChI=1S/C12H17Cl2NOS/c1-3-6-15-9(2)8-17(16)10-4-5-11(13)12(14)7-10/h4-5,7,9,15H,3,6,8H2,1-2H3. The molecule has 0 aliphatic rings. The number of halogens is 2. The van der Waals surface area contributed by atoms with E-state index in [1.165, 1.54) is 0 Å². The first kappa shape index (κ1) is 15.0. The predicted octanol–water partition coefficient (Wildman–Crippen LogP) is 3.49. The van der Waals surface area contributed by atoms with E-state index in [0.717, 1.165) is 17.9 Å². The highest BCUT2D eigenvalue weighted by Gasteiger charge is 2.10. The number of benzene rings is 1. The summed E-state index contributed by atoms with van der Waals surface area (Å²) in [5, 5.41) is 4.25. The molecule has 0 aliphatic carbocycles. The molecule has 0 aliphatic heterocycles. The second-order valence-electron chi connectivity index (χ2n) is 3.94. The Morgan fingerprint density at radius 2 is 2.06 bits per heavy atom. The van der Waals surface area contributed by atoms with Gasteiger partial charge in [-0.1, -0.05) is 30.1 Å². The van der Waals surface area contributed by atoms with Crippen LogP contribution in [0.25, 0.3) is 0 Å². The fourth-order valence-corrected chi connectivity index (χ4v) is 2.99. The average molecular weight is 294 g/mol. The molecule has 2 atom stereocenters. The number of hydrogen-bond donors (Lipinski definition) is 1. The molecule has 0 radical (unpaired) electrons. The Kier molecular flexibility index (Phi) is 6.49. The Morgan fingerprint density at radius 3 is 2.65 bits per heavy atom. The Hall–Kier alpha value is -0.0900. The summed E-state index contributed by atoms with van der Waals surface area (Å²) in [6, 6.07) is 5.34. The molecule has 0 amide bonds. The van der Waals surface area contributed by atoms with Crippen molar-refractivity contribution in [2.24, 2.45) is 0 Å². The van der Waals surface area contributed by atoms with Crippen LogP contribution >= 0.6 is 23.2 Å². The molecule has 0 spiro atoms. The summed E-state index contributed by atoms with van der Waals surface area (Å²) in [6.07, 6.45) is 1.07. The molecule has 0 aromatic heterocycles. The van der Waals surface area contributed by atoms with Crippen molar-refractivity contribution in [1.82, 2.24) is 5.32 Å². The predicted molar refractivity (Wildman–Crippen MR) is 75.5 cm³/mol. The summed E-state index contributed by atoms with van der Waals surface area (Å²) in [6.45, 7) is 5.08. The molecule has 2 nitrogen and oxygen atoms in total. The maximum Gasteiger partial charge on any atom is 0.0604 e. The quantitative estimate of drug-likeness (QED) is 0.870. The Morgan fingerprint density at radius 1 is 1.35 bits per heavy atom. The SMILES string of the molecule is CCCNC(C)CS(=O)c1ccc(Cl)c(Cl)c1. The van der Waals surface area contributed by atoms with Gasteiger partial charge >= 0.3 is 0 Å². The Bertz CT molecular complexity index is 398. The molecule has 2 unspecified atom stereocenters. The van der Waals surface area contributed by atoms with Gasteiger partial charge < -0.3 is 5.32 Å². The van der Waals surface area contributed by atoms with Crippen LogP contribution in [-0.2, 0) is 10.8 Å². The molecule has 1 aromatic carbocycles. The summed E-state index contributed by atoms with van der Waals surface area (Å²) in [4.78, 5) is 0.726. The van der Waals surface area contributed by atoms with Gasteiger partial charge in [0.25, 0.3) is 0 Å². The fourth-order valence-electron chi connectivity index (χ4n) is 1.39. The third-order valence-corrected chi connectivity index (χ3v) is 4.62. The highest BCUT2D eigenvalue weighted by atomic mass is 35.5. The average Bonchev–Trinajstić information content (AvgIpc) is 2.30. The summed E-state index contributed by atoms with van der Waals surface area (Å²) < 4.78 is 12.1. The van der Waals surface area contributed by atoms with Crippen molar-refractivity contribution in [3.05, 3.63) is 28.2 Å². The van der Waals surface area contributed by atoms with Crippen molar-refractivity contribution >= 4 is 34.0 Å². The largest absolute Gasteiger partial charge is 0.313 e. The maximum atomic E-state index is 12.1. The molecule has 0 fully saturated rings. The van der Waals surface area contributed by atoms with Crippen LogP contribution in [0.5, 0.6) is 0 Å². The zero-order chi connectivity index (χ0) is 12.8. The minimum atomic E-state index is -1.04. The molecule has 0 saturated heterocycles. The molecule has 1 N–H and O–H groups in total. The summed E-state index contributed by atoms with van der Waals surface area (Å²) in [7, 11) is -1.04. The van der Waals surface area contributed by atoms with Crippen LogP contribution in [0.3, 0.4) is 0 Å². The lowest BCUT2D eigenvalue weighted by atomic mass is 10.3. The van der Waals surface area contributed by atoms with Crippen molar-refractivity contribution in [1.29, 1.82) is 0 Å². The number of rotatable bonds is 6. The zero-order valence-corrected chi connectivity index (χ0v) is 12.3. The van der Waals surface area contributed by atoms with Crippen LogP contribution in [0.1, 0.15) is 20.3 Å². The summed E-state index contributed by atoms with van der Waals surface area (Å²) in [5.74, 6) is 0.581. The van der Waals surface area contributed by atoms with Crippen molar-refractivity contribution in [3.63, 3.8) is 0 Å². The van der Waals surface area contributed by atoms with E-state index in [1.54, 1.807) is 18.2 Å². The molecule has 5 heteroatoms. The lowest BCUT2D eigenvalue weighted by Crippen LogP contribution is -2.31. The van der Waals surface area contributed by atoms with Crippen LogP contribution in [0.15, 0.2) is 23.1 Å². The third kappa shape index (κ3) is 4.96. The highest BCUT2D eigenvalue weighted by molar-refractivity contribution is 7.85. The van der Waals surface area contributed by atoms with Gasteiger partial charge in [0.1, 0.15) is 0 Å². The van der Waals surface area contributed by atoms with E-state index in [9.17, 15) is 4.21 Å². The number of nitrogens with one attached hydrogen (secondary N) is 1. The second-order valence-corrected chi connectivity index (χ2v) is 6.25. The fraction of sp³-hybridized carbons (Fsp3) is 0.500. The van der Waals surface area contributed by atoms with E-state index < -0.39 is 10.8 Å². The van der Waals surface area contributed by atoms with Crippen molar-refractivity contribution < 1.29 is 4.21 Å². The van der Waals surface area contributed by atoms with E-state index in [1.807, 2.05) is 6.92 Å². The molecular weight excluding hydrogens is 277 g/mol. The number of hydrogen-bond acceptors (Lipinski definition) is 2. The van der Waals surface area contributed by atoms with Crippen molar-refractivity contribution in [3.8, 4) is 0 Å². The van der Waals surface area contributed by atoms with Crippen LogP contribution in [-0.4, -0.2) is 22.5 Å². The van der Waals surface area contributed by atoms with Gasteiger partial charge in [-0.2, -0.15) is 0 Å². The normalized spacial score (nSPS) is 14.6. The first-order valence-electron chi connectivity index (χ1n) is 5.61. The van der Waals surface area contributed by atoms with Gasteiger partial charge in [0.2, 0.25) is 0 Å². The molecule has 1 aromatic rings. The molecular formula is C12H17Cl2NOS.